The van der Waals surface area contributed by atoms with Gasteiger partial charge in [0.15, 0.2) is 16.0 Å². The second kappa shape index (κ2) is 12.7. The topological polar surface area (TPSA) is 59.9 Å². The summed E-state index contributed by atoms with van der Waals surface area (Å²) >= 11 is 9.62. The Bertz CT molecular complexity index is 2120. The van der Waals surface area contributed by atoms with Crippen molar-refractivity contribution in [2.24, 2.45) is 10.8 Å². The molecule has 0 saturated heterocycles. The number of carbonyl (C=O) groups is 2. The van der Waals surface area contributed by atoms with Gasteiger partial charge in [-0.05, 0) is 66.0 Å². The van der Waals surface area contributed by atoms with Gasteiger partial charge in [0, 0.05) is 46.6 Å². The molecule has 2 aromatic heterocycles. The Morgan fingerprint density at radius 3 is 2.14 bits per heavy atom. The molecule has 51 heavy (non-hydrogen) atoms. The van der Waals surface area contributed by atoms with Crippen molar-refractivity contribution in [1.82, 2.24) is 9.97 Å². The molecule has 2 atom stereocenters. The Balaban J connectivity index is 0.000000147. The van der Waals surface area contributed by atoms with Crippen molar-refractivity contribution in [2.75, 3.05) is 0 Å². The molecular formula is C44H47ClN2O2S2. The molecule has 4 nitrogen and oxygen atoms in total. The van der Waals surface area contributed by atoms with E-state index in [1.807, 2.05) is 11.6 Å². The average Bonchev–Trinajstić information content (AvgIpc) is 3.66. The van der Waals surface area contributed by atoms with Crippen LogP contribution in [0.25, 0.3) is 0 Å². The zero-order valence-electron chi connectivity index (χ0n) is 30.5. The minimum absolute atomic E-state index is 0.0173. The summed E-state index contributed by atoms with van der Waals surface area (Å²) < 4.78 is 0.574. The third-order valence-corrected chi connectivity index (χ3v) is 14.5. The van der Waals surface area contributed by atoms with Crippen molar-refractivity contribution in [3.63, 3.8) is 0 Å². The van der Waals surface area contributed by atoms with Crippen molar-refractivity contribution < 1.29 is 9.59 Å². The average molecular weight is 735 g/mol. The van der Waals surface area contributed by atoms with Crippen molar-refractivity contribution >= 4 is 45.8 Å². The zero-order valence-corrected chi connectivity index (χ0v) is 32.8. The highest BCUT2D eigenvalue weighted by Crippen LogP contribution is 2.58. The van der Waals surface area contributed by atoms with E-state index in [1.165, 1.54) is 51.2 Å². The largest absolute Gasteiger partial charge is 0.294 e. The third kappa shape index (κ3) is 5.66. The Morgan fingerprint density at radius 1 is 0.765 bits per heavy atom. The molecule has 0 radical (unpaired) electrons. The maximum atomic E-state index is 13.5. The van der Waals surface area contributed by atoms with E-state index in [0.29, 0.717) is 28.9 Å². The number of carbonyl (C=O) groups excluding carboxylic acids is 2. The summed E-state index contributed by atoms with van der Waals surface area (Å²) in [7, 11) is 0. The minimum atomic E-state index is -0.400. The second-order valence-electron chi connectivity index (χ2n) is 17.0. The number of ketones is 2. The number of aromatic nitrogens is 2. The maximum Gasteiger partial charge on any atom is 0.184 e. The number of nitrogens with zero attached hydrogens (tertiary/aromatic N) is 2. The van der Waals surface area contributed by atoms with Gasteiger partial charge in [-0.2, -0.15) is 0 Å². The van der Waals surface area contributed by atoms with E-state index in [0.717, 1.165) is 66.7 Å². The summed E-state index contributed by atoms with van der Waals surface area (Å²) in [6.07, 6.45) is 10.3. The fourth-order valence-corrected chi connectivity index (χ4v) is 13.0. The maximum absolute atomic E-state index is 13.5. The number of aryl methyl sites for hydroxylation is 1. The fraction of sp³-hybridized carbons (Fsp3) is 0.455. The van der Waals surface area contributed by atoms with Crippen LogP contribution in [0.5, 0.6) is 0 Å². The Kier molecular flexibility index (Phi) is 8.71. The summed E-state index contributed by atoms with van der Waals surface area (Å²) in [5.74, 6) is 0.680. The first-order chi connectivity index (χ1) is 24.4. The number of fused-ring (bicyclic) bond motifs is 6. The zero-order chi connectivity index (χ0) is 35.8. The molecule has 0 fully saturated rings. The molecule has 2 aromatic carbocycles. The van der Waals surface area contributed by atoms with Gasteiger partial charge in [0.25, 0.3) is 0 Å². The fourth-order valence-electron chi connectivity index (χ4n) is 10.5. The molecular weight excluding hydrogens is 688 g/mol. The van der Waals surface area contributed by atoms with Gasteiger partial charge in [0.2, 0.25) is 0 Å². The number of rotatable bonds is 2. The standard InChI is InChI=1S/C23H25NOS.C21H22ClNOS/c1-22(2)12-16-11-18-21(26-14-24-18)23(20(16)19(25)13-22)10-6-5-8-15-7-3-4-9-17(15)23;1-4-21(14-8-6-5-7-9-14)17-13(11-20(2,3)12-16(17)24)10-15-18(21)25-19(22)23-15/h3-4,7,9,14H,5-6,8,10-13H2,1-2H3;5-9H,4,10-12H2,1-3H3/t23-;21-/m00/s1. The molecule has 5 aliphatic carbocycles. The molecule has 2 heterocycles. The number of allylic oxidation sites excluding steroid dienone is 4. The van der Waals surface area contributed by atoms with Gasteiger partial charge in [-0.15, -0.1) is 22.7 Å². The van der Waals surface area contributed by atoms with Crippen LogP contribution in [0, 0.1) is 10.8 Å². The predicted molar refractivity (Wildman–Crippen MR) is 209 cm³/mol. The van der Waals surface area contributed by atoms with E-state index in [1.54, 1.807) is 22.7 Å². The van der Waals surface area contributed by atoms with Crippen molar-refractivity contribution in [2.45, 2.75) is 116 Å². The lowest BCUT2D eigenvalue weighted by molar-refractivity contribution is -0.119. The number of benzene rings is 2. The number of hydrogen-bond acceptors (Lipinski definition) is 6. The third-order valence-electron chi connectivity index (χ3n) is 12.2. The van der Waals surface area contributed by atoms with Crippen LogP contribution in [0.1, 0.15) is 124 Å². The number of thiazole rings is 2. The Hall–Kier alpha value is -3.19. The quantitative estimate of drug-likeness (QED) is 0.206. The lowest BCUT2D eigenvalue weighted by Crippen LogP contribution is -2.42. The monoisotopic (exact) mass is 734 g/mol. The highest BCUT2D eigenvalue weighted by molar-refractivity contribution is 7.16. The van der Waals surface area contributed by atoms with Crippen LogP contribution in [-0.4, -0.2) is 21.5 Å². The highest BCUT2D eigenvalue weighted by atomic mass is 35.5. The van der Waals surface area contributed by atoms with Crippen LogP contribution >= 0.6 is 34.3 Å². The lowest BCUT2D eigenvalue weighted by atomic mass is 9.58. The van der Waals surface area contributed by atoms with Gasteiger partial charge in [-0.3, -0.25) is 9.59 Å². The predicted octanol–water partition coefficient (Wildman–Crippen LogP) is 11.1. The van der Waals surface area contributed by atoms with Gasteiger partial charge >= 0.3 is 0 Å². The van der Waals surface area contributed by atoms with Crippen molar-refractivity contribution in [1.29, 1.82) is 0 Å². The van der Waals surface area contributed by atoms with Crippen LogP contribution in [0.2, 0.25) is 4.47 Å². The first-order valence-corrected chi connectivity index (χ1v) is 20.7. The van der Waals surface area contributed by atoms with E-state index < -0.39 is 5.41 Å². The van der Waals surface area contributed by atoms with Gasteiger partial charge in [-0.1, -0.05) is 118 Å². The van der Waals surface area contributed by atoms with E-state index in [-0.39, 0.29) is 16.2 Å². The van der Waals surface area contributed by atoms with Crippen LogP contribution < -0.4 is 0 Å². The van der Waals surface area contributed by atoms with Crippen LogP contribution in [0.3, 0.4) is 0 Å². The SMILES string of the molecule is CC1(C)CC(=O)C2=C(Cc3ncsc3[C@]23CCCCc2ccccc23)C1.CC[C@]1(c2ccccc2)C2=C(Cc3nc(Cl)sc31)CC(C)(C)CC2=O. The number of hydrogen-bond donors (Lipinski definition) is 0. The van der Waals surface area contributed by atoms with E-state index in [2.05, 4.69) is 88.1 Å². The number of Topliss-reactive ketones (excluding diaryl/α,β-unsaturated/α-hetero) is 2. The van der Waals surface area contributed by atoms with Gasteiger partial charge in [0.05, 0.1) is 27.7 Å². The molecule has 1 spiro atoms. The normalized spacial score (nSPS) is 25.9. The van der Waals surface area contributed by atoms with Crippen LogP contribution in [0.15, 0.2) is 82.4 Å². The van der Waals surface area contributed by atoms with Gasteiger partial charge < -0.3 is 0 Å². The summed E-state index contributed by atoms with van der Waals surface area (Å²) in [5.41, 5.74) is 12.5. The van der Waals surface area contributed by atoms with Crippen molar-refractivity contribution in [3.05, 3.63) is 125 Å². The molecule has 0 saturated carbocycles. The van der Waals surface area contributed by atoms with Gasteiger partial charge in [0.1, 0.15) is 0 Å². The van der Waals surface area contributed by atoms with Crippen molar-refractivity contribution in [3.8, 4) is 0 Å². The first-order valence-electron chi connectivity index (χ1n) is 18.6. The first kappa shape index (κ1) is 34.9. The van der Waals surface area contributed by atoms with E-state index in [9.17, 15) is 9.59 Å². The molecule has 7 heteroatoms. The molecule has 9 rings (SSSR count). The summed E-state index contributed by atoms with van der Waals surface area (Å²) in [4.78, 5) is 38.7. The second-order valence-corrected chi connectivity index (χ2v) is 19.4. The van der Waals surface area contributed by atoms with Gasteiger partial charge in [-0.25, -0.2) is 9.97 Å². The number of halogens is 1. The Labute approximate surface area is 315 Å². The summed E-state index contributed by atoms with van der Waals surface area (Å²) in [6, 6.07) is 19.3. The molecule has 0 N–H and O–H groups in total. The molecule has 0 amide bonds. The molecule has 0 aliphatic heterocycles. The highest BCUT2D eigenvalue weighted by Gasteiger charge is 2.52. The summed E-state index contributed by atoms with van der Waals surface area (Å²) in [5, 5.41) is 0. The minimum Gasteiger partial charge on any atom is -0.294 e. The smallest absolute Gasteiger partial charge is 0.184 e. The molecule has 0 unspecified atom stereocenters. The summed E-state index contributed by atoms with van der Waals surface area (Å²) in [6.45, 7) is 11.0. The van der Waals surface area contributed by atoms with E-state index >= 15 is 0 Å². The molecule has 4 aromatic rings. The lowest BCUT2D eigenvalue weighted by Gasteiger charge is -2.45. The van der Waals surface area contributed by atoms with E-state index in [4.69, 9.17) is 16.6 Å². The van der Waals surface area contributed by atoms with Crippen LogP contribution in [0.4, 0.5) is 0 Å². The van der Waals surface area contributed by atoms with Crippen LogP contribution in [-0.2, 0) is 39.7 Å². The molecule has 5 aliphatic rings. The molecule has 0 bridgehead atoms. The Morgan fingerprint density at radius 2 is 1.41 bits per heavy atom. The molecule has 264 valence electrons.